The van der Waals surface area contributed by atoms with Crippen LogP contribution in [0.3, 0.4) is 0 Å². The summed E-state index contributed by atoms with van der Waals surface area (Å²) in [7, 11) is 0. The lowest BCUT2D eigenvalue weighted by Crippen LogP contribution is -2.56. The summed E-state index contributed by atoms with van der Waals surface area (Å²) in [4.78, 5) is 38.9. The Morgan fingerprint density at radius 1 is 1.16 bits per heavy atom. The summed E-state index contributed by atoms with van der Waals surface area (Å²) in [6, 6.07) is -3.49. The van der Waals surface area contributed by atoms with Crippen molar-refractivity contribution in [1.82, 2.24) is 10.6 Å². The Hall–Kier alpha value is -2.05. The van der Waals surface area contributed by atoms with Crippen molar-refractivity contribution in [1.29, 1.82) is 0 Å². The summed E-state index contributed by atoms with van der Waals surface area (Å²) < 4.78 is 0. The molecule has 0 spiro atoms. The van der Waals surface area contributed by atoms with Crippen LogP contribution in [-0.2, 0) is 14.4 Å². The molecule has 0 aromatic heterocycles. The highest BCUT2D eigenvalue weighted by Crippen LogP contribution is 2.01. The van der Waals surface area contributed by atoms with Gasteiger partial charge in [-0.15, -0.1) is 0 Å². The highest BCUT2D eigenvalue weighted by Gasteiger charge is 2.28. The van der Waals surface area contributed by atoms with Crippen molar-refractivity contribution in [3.8, 4) is 0 Å². The van der Waals surface area contributed by atoms with Crippen LogP contribution in [0.2, 0.25) is 0 Å². The smallest absolute Gasteiger partial charge is 0.326 e. The predicted octanol–water partition coefficient (Wildman–Crippen LogP) is -3.27. The lowest BCUT2D eigenvalue weighted by atomic mass is 10.1. The van der Waals surface area contributed by atoms with E-state index in [1.54, 1.807) is 0 Å². The van der Waals surface area contributed by atoms with Crippen LogP contribution >= 0.6 is 12.6 Å². The van der Waals surface area contributed by atoms with Crippen molar-refractivity contribution in [2.24, 2.45) is 22.2 Å². The van der Waals surface area contributed by atoms with Crippen molar-refractivity contribution in [2.75, 3.05) is 12.3 Å². The molecule has 0 aromatic carbocycles. The third-order valence-corrected chi connectivity index (χ3v) is 3.56. The number of carboxylic acids is 1. The first-order valence-electron chi connectivity index (χ1n) is 7.53. The molecule has 0 radical (unpaired) electrons. The summed E-state index contributed by atoms with van der Waals surface area (Å²) in [5.41, 5.74) is 15.8. The molecule has 0 saturated heterocycles. The average Bonchev–Trinajstić information content (AvgIpc) is 2.53. The van der Waals surface area contributed by atoms with Crippen LogP contribution in [0.25, 0.3) is 0 Å². The Kier molecular flexibility index (Phi) is 10.6. The summed E-state index contributed by atoms with van der Waals surface area (Å²) in [5, 5.41) is 23.1. The molecule has 0 rings (SSSR count). The van der Waals surface area contributed by atoms with Gasteiger partial charge in [0.1, 0.15) is 18.1 Å². The van der Waals surface area contributed by atoms with Crippen LogP contribution in [-0.4, -0.2) is 70.5 Å². The third kappa shape index (κ3) is 9.12. The first-order valence-corrected chi connectivity index (χ1v) is 8.16. The average molecular weight is 378 g/mol. The Labute approximate surface area is 150 Å². The molecule has 2 amide bonds. The summed E-state index contributed by atoms with van der Waals surface area (Å²) >= 11 is 3.96. The van der Waals surface area contributed by atoms with Gasteiger partial charge in [0.2, 0.25) is 11.8 Å². The normalized spacial score (nSPS) is 15.4. The van der Waals surface area contributed by atoms with Crippen LogP contribution < -0.4 is 27.8 Å². The van der Waals surface area contributed by atoms with Gasteiger partial charge >= 0.3 is 5.97 Å². The molecular weight excluding hydrogens is 352 g/mol. The van der Waals surface area contributed by atoms with E-state index in [2.05, 4.69) is 28.3 Å². The van der Waals surface area contributed by atoms with Gasteiger partial charge in [-0.3, -0.25) is 14.6 Å². The molecular formula is C13H26N6O5S. The van der Waals surface area contributed by atoms with Gasteiger partial charge in [0.15, 0.2) is 5.96 Å². The monoisotopic (exact) mass is 378 g/mol. The molecule has 0 aliphatic heterocycles. The molecule has 0 aliphatic rings. The number of nitrogens with two attached hydrogens (primary N) is 3. The number of carboxylic acid groups (broad SMARTS) is 1. The molecule has 0 aromatic rings. The van der Waals surface area contributed by atoms with Gasteiger partial charge in [-0.2, -0.15) is 12.6 Å². The van der Waals surface area contributed by atoms with Crippen molar-refractivity contribution in [3.05, 3.63) is 0 Å². The van der Waals surface area contributed by atoms with Gasteiger partial charge in [0.25, 0.3) is 0 Å². The van der Waals surface area contributed by atoms with Gasteiger partial charge in [0.05, 0.1) is 6.10 Å². The van der Waals surface area contributed by atoms with Crippen LogP contribution in [0.15, 0.2) is 4.99 Å². The number of thiol groups is 1. The summed E-state index contributed by atoms with van der Waals surface area (Å²) in [5.74, 6) is -2.89. The highest BCUT2D eigenvalue weighted by molar-refractivity contribution is 7.80. The van der Waals surface area contributed by atoms with Gasteiger partial charge in [-0.05, 0) is 19.8 Å². The maximum absolute atomic E-state index is 12.1. The Bertz CT molecular complexity index is 497. The third-order valence-electron chi connectivity index (χ3n) is 3.20. The van der Waals surface area contributed by atoms with E-state index in [4.69, 9.17) is 22.3 Å². The standard InChI is InChI=1S/C13H26N6O5S/c1-6(20)9(14)11(22)19-8(5-25)10(21)18-7(12(23)24)3-2-4-17-13(15)16/h6-9,20,25H,2-5,14H2,1H3,(H,18,21)(H,19,22)(H,23,24)(H4,15,16,17). The summed E-state index contributed by atoms with van der Waals surface area (Å²) in [6.07, 6.45) is -0.677. The zero-order valence-electron chi connectivity index (χ0n) is 13.9. The number of nitrogens with one attached hydrogen (secondary N) is 2. The van der Waals surface area contributed by atoms with Crippen molar-refractivity contribution >= 4 is 36.4 Å². The van der Waals surface area contributed by atoms with E-state index in [0.717, 1.165) is 0 Å². The molecule has 144 valence electrons. The minimum atomic E-state index is -1.23. The van der Waals surface area contributed by atoms with E-state index >= 15 is 0 Å². The fourth-order valence-corrected chi connectivity index (χ4v) is 1.97. The Morgan fingerprint density at radius 3 is 2.16 bits per heavy atom. The van der Waals surface area contributed by atoms with E-state index in [1.807, 2.05) is 0 Å². The van der Waals surface area contributed by atoms with Gasteiger partial charge in [-0.25, -0.2) is 4.79 Å². The number of aliphatic hydroxyl groups is 1. The largest absolute Gasteiger partial charge is 0.480 e. The number of nitrogens with zero attached hydrogens (tertiary/aromatic N) is 1. The maximum atomic E-state index is 12.1. The quantitative estimate of drug-likeness (QED) is 0.0790. The second-order valence-electron chi connectivity index (χ2n) is 5.36. The fourth-order valence-electron chi connectivity index (χ4n) is 1.71. The zero-order chi connectivity index (χ0) is 19.6. The molecule has 0 heterocycles. The number of aliphatic imine (C=N–C) groups is 1. The van der Waals surface area contributed by atoms with E-state index < -0.39 is 42.0 Å². The first-order chi connectivity index (χ1) is 11.6. The fraction of sp³-hybridized carbons (Fsp3) is 0.692. The van der Waals surface area contributed by atoms with Crippen LogP contribution in [0.1, 0.15) is 19.8 Å². The van der Waals surface area contributed by atoms with Crippen LogP contribution in [0, 0.1) is 0 Å². The molecule has 0 aliphatic carbocycles. The molecule has 11 nitrogen and oxygen atoms in total. The van der Waals surface area contributed by atoms with Gasteiger partial charge < -0.3 is 38.0 Å². The predicted molar refractivity (Wildman–Crippen MR) is 94.9 cm³/mol. The number of carbonyl (C=O) groups excluding carboxylic acids is 2. The molecule has 12 heteroatoms. The Balaban J connectivity index is 4.71. The minimum Gasteiger partial charge on any atom is -0.480 e. The molecule has 0 saturated carbocycles. The molecule has 0 fully saturated rings. The maximum Gasteiger partial charge on any atom is 0.326 e. The number of aliphatic hydroxyl groups excluding tert-OH is 1. The van der Waals surface area contributed by atoms with Crippen LogP contribution in [0.4, 0.5) is 0 Å². The Morgan fingerprint density at radius 2 is 1.72 bits per heavy atom. The molecule has 4 unspecified atom stereocenters. The number of guanidine groups is 1. The highest BCUT2D eigenvalue weighted by atomic mass is 32.1. The first kappa shape index (κ1) is 22.9. The van der Waals surface area contributed by atoms with Crippen LogP contribution in [0.5, 0.6) is 0 Å². The molecule has 4 atom stereocenters. The van der Waals surface area contributed by atoms with Crippen molar-refractivity contribution in [3.63, 3.8) is 0 Å². The SMILES string of the molecule is CC(O)C(N)C(=O)NC(CS)C(=O)NC(CCCN=C(N)N)C(=O)O. The molecule has 10 N–H and O–H groups in total. The summed E-state index contributed by atoms with van der Waals surface area (Å²) in [6.45, 7) is 1.55. The lowest BCUT2D eigenvalue weighted by molar-refractivity contribution is -0.142. The topological polar surface area (TPSA) is 206 Å². The van der Waals surface area contributed by atoms with Gasteiger partial charge in [0, 0.05) is 12.3 Å². The zero-order valence-corrected chi connectivity index (χ0v) is 14.8. The number of hydrogen-bond donors (Lipinski definition) is 8. The number of hydrogen-bond acceptors (Lipinski definition) is 7. The minimum absolute atomic E-state index is 0.0789. The van der Waals surface area contributed by atoms with E-state index in [1.165, 1.54) is 6.92 Å². The lowest BCUT2D eigenvalue weighted by Gasteiger charge is -2.22. The van der Waals surface area contributed by atoms with E-state index in [0.29, 0.717) is 6.42 Å². The second kappa shape index (κ2) is 11.5. The number of aliphatic carboxylic acids is 1. The number of amides is 2. The number of rotatable bonds is 11. The van der Waals surface area contributed by atoms with Crippen molar-refractivity contribution < 1.29 is 24.6 Å². The van der Waals surface area contributed by atoms with Gasteiger partial charge in [-0.1, -0.05) is 0 Å². The van der Waals surface area contributed by atoms with E-state index in [-0.39, 0.29) is 24.7 Å². The number of carbonyl (C=O) groups is 3. The van der Waals surface area contributed by atoms with Crippen molar-refractivity contribution in [2.45, 2.75) is 44.0 Å². The van der Waals surface area contributed by atoms with E-state index in [9.17, 15) is 19.5 Å². The molecule has 0 bridgehead atoms. The molecule has 25 heavy (non-hydrogen) atoms. The second-order valence-corrected chi connectivity index (χ2v) is 5.72.